The fraction of sp³-hybridized carbons (Fsp3) is 0.250. The van der Waals surface area contributed by atoms with Gasteiger partial charge in [0.2, 0.25) is 0 Å². The maximum atomic E-state index is 13.8. The number of aromatic nitrogens is 3. The number of hydrogen-bond acceptors (Lipinski definition) is 4. The van der Waals surface area contributed by atoms with Crippen molar-refractivity contribution in [2.75, 3.05) is 0 Å². The lowest BCUT2D eigenvalue weighted by Gasteiger charge is -2.25. The van der Waals surface area contributed by atoms with Crippen molar-refractivity contribution in [3.05, 3.63) is 52.9 Å². The predicted octanol–water partition coefficient (Wildman–Crippen LogP) is 4.28. The molecule has 0 atom stereocenters. The molecule has 0 saturated carbocycles. The minimum absolute atomic E-state index is 0.383. The Bertz CT molecular complexity index is 852. The maximum absolute atomic E-state index is 13.8. The highest BCUT2D eigenvalue weighted by Gasteiger charge is 2.32. The molecule has 3 rings (SSSR count). The van der Waals surface area contributed by atoms with Crippen LogP contribution in [-0.4, -0.2) is 14.8 Å². The van der Waals surface area contributed by atoms with Gasteiger partial charge in [-0.25, -0.2) is 13.2 Å². The molecule has 0 amide bonds. The Morgan fingerprint density at radius 2 is 1.79 bits per heavy atom. The first-order chi connectivity index (χ1) is 11.3. The van der Waals surface area contributed by atoms with Crippen LogP contribution < -0.4 is 4.74 Å². The van der Waals surface area contributed by atoms with Crippen LogP contribution in [0.5, 0.6) is 5.75 Å². The molecule has 126 valence electrons. The second kappa shape index (κ2) is 5.94. The van der Waals surface area contributed by atoms with Crippen molar-refractivity contribution < 1.29 is 17.9 Å². The summed E-state index contributed by atoms with van der Waals surface area (Å²) in [5, 5.41) is 10.1. The summed E-state index contributed by atoms with van der Waals surface area (Å²) in [6, 6.07) is 4.93. The highest BCUT2D eigenvalue weighted by Crippen LogP contribution is 2.33. The monoisotopic (exact) mass is 353 g/mol. The SMILES string of the molecule is Cn1c(-c2cccs2)nnc1C(C)(C)Oc1c(F)cc(F)cc1F. The summed E-state index contributed by atoms with van der Waals surface area (Å²) < 4.78 is 47.9. The molecule has 2 heterocycles. The van der Waals surface area contributed by atoms with Gasteiger partial charge in [0.25, 0.3) is 0 Å². The number of halogens is 3. The van der Waals surface area contributed by atoms with Gasteiger partial charge < -0.3 is 9.30 Å². The third kappa shape index (κ3) is 2.89. The average molecular weight is 353 g/mol. The van der Waals surface area contributed by atoms with Crippen LogP contribution in [-0.2, 0) is 12.6 Å². The van der Waals surface area contributed by atoms with E-state index in [1.807, 2.05) is 17.5 Å². The summed E-state index contributed by atoms with van der Waals surface area (Å²) in [4.78, 5) is 0.909. The molecule has 0 unspecified atom stereocenters. The van der Waals surface area contributed by atoms with Gasteiger partial charge in [0.1, 0.15) is 5.82 Å². The van der Waals surface area contributed by atoms with Crippen molar-refractivity contribution >= 4 is 11.3 Å². The van der Waals surface area contributed by atoms with Crippen LogP contribution >= 0.6 is 11.3 Å². The van der Waals surface area contributed by atoms with Crippen molar-refractivity contribution in [2.24, 2.45) is 7.05 Å². The normalized spacial score (nSPS) is 11.8. The van der Waals surface area contributed by atoms with E-state index in [1.165, 1.54) is 11.3 Å². The van der Waals surface area contributed by atoms with E-state index >= 15 is 0 Å². The summed E-state index contributed by atoms with van der Waals surface area (Å²) in [6.45, 7) is 3.22. The Morgan fingerprint density at radius 1 is 1.12 bits per heavy atom. The Labute approximate surface area is 140 Å². The zero-order valence-electron chi connectivity index (χ0n) is 13.2. The molecular formula is C16H14F3N3OS. The molecule has 0 aliphatic rings. The fourth-order valence-corrected chi connectivity index (χ4v) is 3.15. The summed E-state index contributed by atoms with van der Waals surface area (Å²) in [7, 11) is 1.74. The van der Waals surface area contributed by atoms with Crippen molar-refractivity contribution in [2.45, 2.75) is 19.4 Å². The van der Waals surface area contributed by atoms with E-state index in [2.05, 4.69) is 10.2 Å². The van der Waals surface area contributed by atoms with Crippen LogP contribution in [0.1, 0.15) is 19.7 Å². The Hall–Kier alpha value is -2.35. The van der Waals surface area contributed by atoms with Gasteiger partial charge in [0.05, 0.1) is 4.88 Å². The second-order valence-corrected chi connectivity index (χ2v) is 6.64. The molecule has 0 fully saturated rings. The molecule has 24 heavy (non-hydrogen) atoms. The van der Waals surface area contributed by atoms with Gasteiger partial charge in [0, 0.05) is 19.2 Å². The van der Waals surface area contributed by atoms with E-state index in [0.29, 0.717) is 23.8 Å². The van der Waals surface area contributed by atoms with Crippen molar-refractivity contribution in [3.63, 3.8) is 0 Å². The number of rotatable bonds is 4. The van der Waals surface area contributed by atoms with Crippen LogP contribution in [0.15, 0.2) is 29.6 Å². The zero-order chi connectivity index (χ0) is 17.5. The first-order valence-corrected chi connectivity index (χ1v) is 7.95. The molecule has 0 aliphatic carbocycles. The van der Waals surface area contributed by atoms with Crippen LogP contribution in [0.2, 0.25) is 0 Å². The molecule has 0 spiro atoms. The number of ether oxygens (including phenoxy) is 1. The van der Waals surface area contributed by atoms with Gasteiger partial charge in [-0.1, -0.05) is 6.07 Å². The molecule has 0 radical (unpaired) electrons. The van der Waals surface area contributed by atoms with Gasteiger partial charge in [-0.05, 0) is 25.3 Å². The molecule has 4 nitrogen and oxygen atoms in total. The average Bonchev–Trinajstić information content (AvgIpc) is 3.12. The number of hydrogen-bond donors (Lipinski definition) is 0. The molecular weight excluding hydrogens is 339 g/mol. The summed E-state index contributed by atoms with van der Waals surface area (Å²) in [5.74, 6) is -2.87. The third-order valence-corrected chi connectivity index (χ3v) is 4.34. The van der Waals surface area contributed by atoms with E-state index in [-0.39, 0.29) is 0 Å². The summed E-state index contributed by atoms with van der Waals surface area (Å²) in [5.41, 5.74) is -1.18. The van der Waals surface area contributed by atoms with Crippen LogP contribution in [0.3, 0.4) is 0 Å². The molecule has 0 saturated heterocycles. The smallest absolute Gasteiger partial charge is 0.192 e. The second-order valence-electron chi connectivity index (χ2n) is 5.69. The van der Waals surface area contributed by atoms with E-state index in [4.69, 9.17) is 4.74 Å². The van der Waals surface area contributed by atoms with E-state index in [0.717, 1.165) is 4.88 Å². The number of benzene rings is 1. The van der Waals surface area contributed by atoms with Gasteiger partial charge >= 0.3 is 0 Å². The quantitative estimate of drug-likeness (QED) is 0.703. The zero-order valence-corrected chi connectivity index (χ0v) is 14.0. The third-order valence-electron chi connectivity index (χ3n) is 3.48. The standard InChI is InChI=1S/C16H14F3N3OS/c1-16(2,23-13-10(18)7-9(17)8-11(13)19)15-21-20-14(22(15)3)12-5-4-6-24-12/h4-8H,1-3H3. The minimum Gasteiger partial charge on any atom is -0.474 e. The van der Waals surface area contributed by atoms with E-state index in [9.17, 15) is 13.2 Å². The van der Waals surface area contributed by atoms with Crippen molar-refractivity contribution in [3.8, 4) is 16.5 Å². The molecule has 3 aromatic rings. The lowest BCUT2D eigenvalue weighted by Crippen LogP contribution is -2.30. The molecule has 0 bridgehead atoms. The lowest BCUT2D eigenvalue weighted by molar-refractivity contribution is 0.0833. The van der Waals surface area contributed by atoms with Gasteiger partial charge in [0.15, 0.2) is 34.6 Å². The molecule has 0 N–H and O–H groups in total. The summed E-state index contributed by atoms with van der Waals surface area (Å²) >= 11 is 1.50. The predicted molar refractivity (Wildman–Crippen MR) is 84.3 cm³/mol. The van der Waals surface area contributed by atoms with Gasteiger partial charge in [-0.15, -0.1) is 21.5 Å². The molecule has 0 aliphatic heterocycles. The highest BCUT2D eigenvalue weighted by atomic mass is 32.1. The lowest BCUT2D eigenvalue weighted by atomic mass is 10.1. The van der Waals surface area contributed by atoms with Crippen LogP contribution in [0.25, 0.3) is 10.7 Å². The largest absolute Gasteiger partial charge is 0.474 e. The topological polar surface area (TPSA) is 39.9 Å². The van der Waals surface area contributed by atoms with E-state index in [1.54, 1.807) is 25.5 Å². The molecule has 8 heteroatoms. The van der Waals surface area contributed by atoms with Crippen LogP contribution in [0.4, 0.5) is 13.2 Å². The maximum Gasteiger partial charge on any atom is 0.192 e. The first kappa shape index (κ1) is 16.5. The first-order valence-electron chi connectivity index (χ1n) is 7.07. The Kier molecular flexibility index (Phi) is 4.08. The van der Waals surface area contributed by atoms with Crippen LogP contribution in [0, 0.1) is 17.5 Å². The van der Waals surface area contributed by atoms with Crippen molar-refractivity contribution in [1.29, 1.82) is 0 Å². The van der Waals surface area contributed by atoms with E-state index < -0.39 is 28.8 Å². The number of thiophene rings is 1. The summed E-state index contributed by atoms with van der Waals surface area (Å²) in [6.07, 6.45) is 0. The van der Waals surface area contributed by atoms with Gasteiger partial charge in [-0.2, -0.15) is 0 Å². The molecule has 1 aromatic carbocycles. The minimum atomic E-state index is -1.18. The Balaban J connectivity index is 1.97. The number of nitrogens with zero attached hydrogens (tertiary/aromatic N) is 3. The fourth-order valence-electron chi connectivity index (χ4n) is 2.40. The van der Waals surface area contributed by atoms with Crippen molar-refractivity contribution in [1.82, 2.24) is 14.8 Å². The Morgan fingerprint density at radius 3 is 2.38 bits per heavy atom. The highest BCUT2D eigenvalue weighted by molar-refractivity contribution is 7.13. The van der Waals surface area contributed by atoms with Gasteiger partial charge in [-0.3, -0.25) is 0 Å². The molecule has 2 aromatic heterocycles.